The molecule has 1 N–H and O–H groups in total. The van der Waals surface area contributed by atoms with Gasteiger partial charge < -0.3 is 5.11 Å². The third kappa shape index (κ3) is 13.5. The van der Waals surface area contributed by atoms with E-state index < -0.39 is 31.4 Å². The maximum atomic E-state index is 10.8. The molecule has 0 fully saturated rings. The third-order valence-electron chi connectivity index (χ3n) is 2.27. The molecule has 22 heavy (non-hydrogen) atoms. The fraction of sp³-hybridized carbons (Fsp3) is 1.00. The molecule has 0 rings (SSSR count). The lowest BCUT2D eigenvalue weighted by Crippen LogP contribution is -2.29. The first-order valence-electron chi connectivity index (χ1n) is 5.89. The molecule has 0 aromatic heterocycles. The van der Waals surface area contributed by atoms with Gasteiger partial charge in [0.2, 0.25) is 20.0 Å². The van der Waals surface area contributed by atoms with Crippen molar-refractivity contribution < 1.29 is 34.5 Å². The zero-order chi connectivity index (χ0) is 18.0. The van der Waals surface area contributed by atoms with Gasteiger partial charge in [0.15, 0.2) is 0 Å². The van der Waals surface area contributed by atoms with Crippen molar-refractivity contribution in [2.45, 2.75) is 0 Å². The zero-order valence-corrected chi connectivity index (χ0v) is 15.7. The molecule has 136 valence electrons. The molecule has 13 heteroatoms. The molecular formula is C9H24N2O8S3. The average Bonchev–Trinajstić information content (AvgIpc) is 2.37. The number of hydrogen-bond donors (Lipinski definition) is 1. The van der Waals surface area contributed by atoms with Crippen LogP contribution in [0.5, 0.6) is 0 Å². The van der Waals surface area contributed by atoms with E-state index >= 15 is 0 Å². The van der Waals surface area contributed by atoms with Crippen LogP contribution in [0, 0.1) is 0 Å². The number of hydrogen-bond acceptors (Lipinski definition) is 8. The monoisotopic (exact) mass is 384 g/mol. The normalized spacial score (nSPS) is 13.8. The predicted molar refractivity (Wildman–Crippen MR) is 83.1 cm³/mol. The lowest BCUT2D eigenvalue weighted by molar-refractivity contribution is 0.264. The van der Waals surface area contributed by atoms with Gasteiger partial charge >= 0.3 is 11.4 Å². The molecule has 0 radical (unpaired) electrons. The number of nitrogens with zero attached hydrogens (tertiary/aromatic N) is 2. The van der Waals surface area contributed by atoms with Gasteiger partial charge in [-0.25, -0.2) is 25.4 Å². The predicted octanol–water partition coefficient (Wildman–Crippen LogP) is -2.01. The summed E-state index contributed by atoms with van der Waals surface area (Å²) in [6.07, 6.45) is 2.18. The lowest BCUT2D eigenvalue weighted by atomic mass is 10.7. The summed E-state index contributed by atoms with van der Waals surface area (Å²) < 4.78 is 64.4. The number of sulfonamides is 2. The van der Waals surface area contributed by atoms with Crippen LogP contribution >= 0.6 is 0 Å². The summed E-state index contributed by atoms with van der Waals surface area (Å²) in [7, 11) is -2.22. The Labute approximate surface area is 135 Å². The molecule has 0 aliphatic carbocycles. The molecule has 0 spiro atoms. The van der Waals surface area contributed by atoms with Crippen molar-refractivity contribution in [3.63, 3.8) is 0 Å². The Bertz CT molecular complexity index is 519. The van der Waals surface area contributed by atoms with Crippen LogP contribution in [0.2, 0.25) is 0 Å². The summed E-state index contributed by atoms with van der Waals surface area (Å²) in [6, 6.07) is 0. The van der Waals surface area contributed by atoms with Gasteiger partial charge in [0.1, 0.15) is 0 Å². The van der Waals surface area contributed by atoms with Crippen LogP contribution in [0.25, 0.3) is 0 Å². The summed E-state index contributed by atoms with van der Waals surface area (Å²) in [5, 5.41) is 8.29. The fourth-order valence-electron chi connectivity index (χ4n) is 0.754. The van der Waals surface area contributed by atoms with E-state index in [-0.39, 0.29) is 26.3 Å². The first-order chi connectivity index (χ1) is 9.86. The van der Waals surface area contributed by atoms with E-state index in [0.717, 1.165) is 21.1 Å². The second kappa shape index (κ2) is 11.4. The van der Waals surface area contributed by atoms with Crippen molar-refractivity contribution in [1.29, 1.82) is 0 Å². The molecular weight excluding hydrogens is 360 g/mol. The third-order valence-corrected chi connectivity index (χ3v) is 5.53. The van der Waals surface area contributed by atoms with Crippen molar-refractivity contribution in [2.24, 2.45) is 0 Å². The van der Waals surface area contributed by atoms with Crippen LogP contribution in [-0.2, 0) is 39.8 Å². The Morgan fingerprint density at radius 1 is 1.00 bits per heavy atom. The highest BCUT2D eigenvalue weighted by molar-refractivity contribution is 7.88. The summed E-state index contributed by atoms with van der Waals surface area (Å²) in [6.45, 7) is 0.209. The molecule has 0 amide bonds. The van der Waals surface area contributed by atoms with Crippen molar-refractivity contribution >= 4 is 31.4 Å². The highest BCUT2D eigenvalue weighted by atomic mass is 32.2. The summed E-state index contributed by atoms with van der Waals surface area (Å²) in [5.41, 5.74) is 0. The Hall–Kier alpha value is -0.150. The Kier molecular flexibility index (Phi) is 12.5. The smallest absolute Gasteiger partial charge is 0.304 e. The highest BCUT2D eigenvalue weighted by Crippen LogP contribution is 1.93. The van der Waals surface area contributed by atoms with Crippen LogP contribution in [0.15, 0.2) is 0 Å². The van der Waals surface area contributed by atoms with Crippen molar-refractivity contribution in [3.8, 4) is 0 Å². The quantitative estimate of drug-likeness (QED) is 0.482. The van der Waals surface area contributed by atoms with E-state index in [1.54, 1.807) is 0 Å². The molecule has 0 aliphatic heterocycles. The van der Waals surface area contributed by atoms with E-state index in [4.69, 9.17) is 5.11 Å². The zero-order valence-electron chi connectivity index (χ0n) is 13.3. The molecule has 0 bridgehead atoms. The average molecular weight is 384 g/mol. The van der Waals surface area contributed by atoms with Crippen LogP contribution in [0.3, 0.4) is 0 Å². The summed E-state index contributed by atoms with van der Waals surface area (Å²) >= 11 is -1.79. The Morgan fingerprint density at radius 3 is 1.68 bits per heavy atom. The van der Waals surface area contributed by atoms with Gasteiger partial charge in [-0.1, -0.05) is 0 Å². The molecule has 0 aromatic carbocycles. The molecule has 0 heterocycles. The van der Waals surface area contributed by atoms with Gasteiger partial charge in [-0.3, -0.25) is 8.37 Å². The van der Waals surface area contributed by atoms with Gasteiger partial charge in [-0.2, -0.15) is 4.21 Å². The standard InChI is InChI=1S/C5H13NO5S2.C4H11NO3S/c1-6(13(3,8)9)4-5-11-12(7)10-2;1-5(3-4-6)9(2,7)8/h4-5H2,1-3H3;6H,3-4H2,1-2H3. The number of rotatable bonds is 9. The minimum absolute atomic E-state index is 0.0318. The maximum absolute atomic E-state index is 10.8. The van der Waals surface area contributed by atoms with Crippen molar-refractivity contribution in [2.75, 3.05) is 60.0 Å². The largest absolute Gasteiger partial charge is 0.395 e. The maximum Gasteiger partial charge on any atom is 0.304 e. The minimum atomic E-state index is -3.19. The molecule has 0 aromatic rings. The Balaban J connectivity index is 0. The van der Waals surface area contributed by atoms with Crippen LogP contribution in [-0.4, -0.2) is 94.8 Å². The first kappa shape index (κ1) is 24.1. The van der Waals surface area contributed by atoms with Crippen LogP contribution < -0.4 is 0 Å². The van der Waals surface area contributed by atoms with E-state index in [2.05, 4.69) is 8.37 Å². The number of likely N-dealkylation sites (N-methyl/N-ethyl adjacent to an activating group) is 2. The molecule has 1 unspecified atom stereocenters. The van der Waals surface area contributed by atoms with Gasteiger partial charge in [-0.05, 0) is 0 Å². The van der Waals surface area contributed by atoms with Crippen LogP contribution in [0.4, 0.5) is 0 Å². The SMILES string of the molecule is CN(CCO)S(C)(=O)=O.COS(=O)OCCN(C)S(C)(=O)=O. The summed E-state index contributed by atoms with van der Waals surface area (Å²) in [4.78, 5) is 0. The highest BCUT2D eigenvalue weighted by Gasteiger charge is 2.10. The molecule has 10 nitrogen and oxygen atoms in total. The second-order valence-electron chi connectivity index (χ2n) is 4.09. The van der Waals surface area contributed by atoms with Crippen molar-refractivity contribution in [1.82, 2.24) is 8.61 Å². The van der Waals surface area contributed by atoms with Gasteiger partial charge in [0.25, 0.3) is 0 Å². The van der Waals surface area contributed by atoms with Crippen LogP contribution in [0.1, 0.15) is 0 Å². The van der Waals surface area contributed by atoms with E-state index in [1.807, 2.05) is 0 Å². The molecule has 0 saturated heterocycles. The van der Waals surface area contributed by atoms with E-state index in [9.17, 15) is 21.0 Å². The second-order valence-corrected chi connectivity index (χ2v) is 9.24. The van der Waals surface area contributed by atoms with E-state index in [0.29, 0.717) is 0 Å². The lowest BCUT2D eigenvalue weighted by Gasteiger charge is -2.12. The minimum Gasteiger partial charge on any atom is -0.395 e. The van der Waals surface area contributed by atoms with Gasteiger partial charge in [0, 0.05) is 27.2 Å². The number of aliphatic hydroxyl groups excluding tert-OH is 1. The topological polar surface area (TPSA) is 131 Å². The molecule has 0 saturated carbocycles. The molecule has 0 aliphatic rings. The van der Waals surface area contributed by atoms with Crippen molar-refractivity contribution in [3.05, 3.63) is 0 Å². The first-order valence-corrected chi connectivity index (χ1v) is 10.6. The number of aliphatic hydroxyl groups is 1. The van der Waals surface area contributed by atoms with Gasteiger partial charge in [-0.15, -0.1) is 0 Å². The van der Waals surface area contributed by atoms with E-state index in [1.165, 1.54) is 21.2 Å². The Morgan fingerprint density at radius 2 is 1.41 bits per heavy atom. The molecule has 1 atom stereocenters. The fourth-order valence-corrected chi connectivity index (χ4v) is 1.88. The van der Waals surface area contributed by atoms with Gasteiger partial charge in [0.05, 0.1) is 32.8 Å². The summed E-state index contributed by atoms with van der Waals surface area (Å²) in [5.74, 6) is 0.